The predicted octanol–water partition coefficient (Wildman–Crippen LogP) is 5.94. The lowest BCUT2D eigenvalue weighted by Gasteiger charge is -2.36. The molecule has 1 aliphatic rings. The van der Waals surface area contributed by atoms with Gasteiger partial charge in [-0.3, -0.25) is 15.4 Å². The summed E-state index contributed by atoms with van der Waals surface area (Å²) in [6.07, 6.45) is -0.876. The highest BCUT2D eigenvalue weighted by atomic mass is 28.3. The minimum atomic E-state index is -1.29. The molecule has 2 aromatic rings. The molecule has 0 aromatic heterocycles. The zero-order valence-electron chi connectivity index (χ0n) is 24.1. The molecule has 0 radical (unpaired) electrons. The number of carbonyl (C=O) groups excluding carboxylic acids is 2. The van der Waals surface area contributed by atoms with Gasteiger partial charge in [-0.25, -0.2) is 9.59 Å². The van der Waals surface area contributed by atoms with Gasteiger partial charge in [-0.1, -0.05) is 37.5 Å². The molecule has 2 amide bonds. The Balaban J connectivity index is 1.74. The van der Waals surface area contributed by atoms with Gasteiger partial charge in [-0.2, -0.15) is 0 Å². The number of carbonyl (C=O) groups is 2. The number of piperazine rings is 1. The summed E-state index contributed by atoms with van der Waals surface area (Å²) in [5, 5.41) is 14.2. The fraction of sp³-hybridized carbons (Fsp3) is 0.448. The quantitative estimate of drug-likeness (QED) is 0.199. The number of hydrogen-bond acceptors (Lipinski definition) is 7. The Labute approximate surface area is 236 Å². The molecule has 0 spiro atoms. The number of hydrogen-bond donors (Lipinski definition) is 1. The van der Waals surface area contributed by atoms with Crippen molar-refractivity contribution < 1.29 is 24.0 Å². The van der Waals surface area contributed by atoms with Gasteiger partial charge in [0, 0.05) is 57.6 Å². The fourth-order valence-corrected chi connectivity index (χ4v) is 4.63. The van der Waals surface area contributed by atoms with Crippen LogP contribution in [-0.4, -0.2) is 68.5 Å². The van der Waals surface area contributed by atoms with Crippen LogP contribution in [0.2, 0.25) is 25.7 Å². The van der Waals surface area contributed by atoms with Gasteiger partial charge in [0.15, 0.2) is 0 Å². The van der Waals surface area contributed by atoms with E-state index in [0.717, 1.165) is 11.7 Å². The van der Waals surface area contributed by atoms with E-state index in [4.69, 9.17) is 9.47 Å². The molecule has 0 aliphatic carbocycles. The van der Waals surface area contributed by atoms with Gasteiger partial charge in [0.1, 0.15) is 5.60 Å². The molecule has 214 valence electrons. The van der Waals surface area contributed by atoms with Gasteiger partial charge in [0.2, 0.25) is 0 Å². The standard InChI is InChI=1S/C29H38N4O6Si/c1-29(2,3)39-27(34)30-24-9-7-8-22(20-24)10-11-23-21-25(33(36)37)12-13-26(23)31-14-16-32(17-15-31)28(35)38-18-19-40(4,5)6/h7-9,12-13,20-21H,14-19H2,1-6H3,(H,30,34). The summed E-state index contributed by atoms with van der Waals surface area (Å²) in [6.45, 7) is 14.6. The minimum Gasteiger partial charge on any atom is -0.450 e. The molecule has 2 aromatic carbocycles. The number of nitro benzene ring substituents is 1. The van der Waals surface area contributed by atoms with E-state index >= 15 is 0 Å². The molecule has 0 unspecified atom stereocenters. The van der Waals surface area contributed by atoms with E-state index in [-0.39, 0.29) is 11.8 Å². The third-order valence-electron chi connectivity index (χ3n) is 6.00. The molecule has 0 saturated carbocycles. The smallest absolute Gasteiger partial charge is 0.412 e. The van der Waals surface area contributed by atoms with Crippen LogP contribution in [-0.2, 0) is 9.47 Å². The number of nitrogens with one attached hydrogen (secondary N) is 1. The van der Waals surface area contributed by atoms with Crippen LogP contribution in [0.5, 0.6) is 0 Å². The molecule has 1 N–H and O–H groups in total. The van der Waals surface area contributed by atoms with Crippen molar-refractivity contribution in [2.24, 2.45) is 0 Å². The van der Waals surface area contributed by atoms with Crippen LogP contribution in [0.1, 0.15) is 31.9 Å². The fourth-order valence-electron chi connectivity index (χ4n) is 3.91. The monoisotopic (exact) mass is 566 g/mol. The molecule has 3 rings (SSSR count). The van der Waals surface area contributed by atoms with Crippen LogP contribution in [0, 0.1) is 22.0 Å². The Morgan fingerprint density at radius 3 is 2.38 bits per heavy atom. The maximum atomic E-state index is 12.5. The van der Waals surface area contributed by atoms with E-state index < -0.39 is 24.7 Å². The Morgan fingerprint density at radius 1 is 1.05 bits per heavy atom. The summed E-state index contributed by atoms with van der Waals surface area (Å²) in [5.74, 6) is 6.13. The number of amides is 2. The highest BCUT2D eigenvalue weighted by molar-refractivity contribution is 6.76. The van der Waals surface area contributed by atoms with Crippen LogP contribution >= 0.6 is 0 Å². The third-order valence-corrected chi connectivity index (χ3v) is 7.70. The van der Waals surface area contributed by atoms with Gasteiger partial charge in [0.25, 0.3) is 5.69 Å². The average molecular weight is 567 g/mol. The number of ether oxygens (including phenoxy) is 2. The van der Waals surface area contributed by atoms with Gasteiger partial charge < -0.3 is 19.3 Å². The van der Waals surface area contributed by atoms with Gasteiger partial charge in [-0.15, -0.1) is 0 Å². The summed E-state index contributed by atoms with van der Waals surface area (Å²) in [7, 11) is -1.29. The van der Waals surface area contributed by atoms with E-state index in [1.807, 2.05) is 0 Å². The van der Waals surface area contributed by atoms with Crippen molar-refractivity contribution in [1.82, 2.24) is 4.90 Å². The Hall–Kier alpha value is -4.04. The second-order valence-electron chi connectivity index (χ2n) is 11.8. The molecule has 10 nitrogen and oxygen atoms in total. The summed E-state index contributed by atoms with van der Waals surface area (Å²) < 4.78 is 10.8. The van der Waals surface area contributed by atoms with Crippen molar-refractivity contribution in [2.75, 3.05) is 43.0 Å². The van der Waals surface area contributed by atoms with Crippen molar-refractivity contribution in [3.8, 4) is 11.8 Å². The summed E-state index contributed by atoms with van der Waals surface area (Å²) in [5.41, 5.74) is 1.72. The zero-order chi connectivity index (χ0) is 29.5. The third kappa shape index (κ3) is 9.61. The summed E-state index contributed by atoms with van der Waals surface area (Å²) in [4.78, 5) is 39.4. The van der Waals surface area contributed by atoms with E-state index in [0.29, 0.717) is 49.6 Å². The lowest BCUT2D eigenvalue weighted by molar-refractivity contribution is -0.384. The van der Waals surface area contributed by atoms with E-state index in [2.05, 4.69) is 41.7 Å². The Morgan fingerprint density at radius 2 is 1.75 bits per heavy atom. The molecule has 40 heavy (non-hydrogen) atoms. The average Bonchev–Trinajstić information content (AvgIpc) is 2.85. The van der Waals surface area contributed by atoms with E-state index in [1.165, 1.54) is 12.1 Å². The lowest BCUT2D eigenvalue weighted by Crippen LogP contribution is -2.49. The van der Waals surface area contributed by atoms with Crippen LogP contribution in [0.4, 0.5) is 26.7 Å². The molecule has 1 aliphatic heterocycles. The topological polar surface area (TPSA) is 114 Å². The molecule has 11 heteroatoms. The first-order chi connectivity index (χ1) is 18.7. The number of benzene rings is 2. The van der Waals surface area contributed by atoms with Crippen molar-refractivity contribution >= 4 is 37.3 Å². The molecule has 0 atom stereocenters. The van der Waals surface area contributed by atoms with Crippen molar-refractivity contribution in [3.05, 3.63) is 63.7 Å². The van der Waals surface area contributed by atoms with Crippen molar-refractivity contribution in [1.29, 1.82) is 0 Å². The van der Waals surface area contributed by atoms with Crippen molar-refractivity contribution in [3.63, 3.8) is 0 Å². The number of non-ortho nitro benzene ring substituents is 1. The van der Waals surface area contributed by atoms with Crippen molar-refractivity contribution in [2.45, 2.75) is 52.1 Å². The van der Waals surface area contributed by atoms with E-state index in [9.17, 15) is 19.7 Å². The molecule has 1 fully saturated rings. The zero-order valence-corrected chi connectivity index (χ0v) is 25.1. The first-order valence-electron chi connectivity index (χ1n) is 13.3. The molecule has 1 heterocycles. The number of nitro groups is 1. The first kappa shape index (κ1) is 30.5. The maximum Gasteiger partial charge on any atom is 0.412 e. The lowest BCUT2D eigenvalue weighted by atomic mass is 10.1. The van der Waals surface area contributed by atoms with E-state index in [1.54, 1.807) is 56.0 Å². The summed E-state index contributed by atoms with van der Waals surface area (Å²) >= 11 is 0. The SMILES string of the molecule is CC(C)(C)OC(=O)Nc1cccc(C#Cc2cc([N+](=O)[O-])ccc2N2CCN(C(=O)OCC[Si](C)(C)C)CC2)c1. The van der Waals surface area contributed by atoms with Crippen LogP contribution in [0.15, 0.2) is 42.5 Å². The highest BCUT2D eigenvalue weighted by Crippen LogP contribution is 2.26. The maximum absolute atomic E-state index is 12.5. The van der Waals surface area contributed by atoms with Crippen LogP contribution in [0.25, 0.3) is 0 Å². The van der Waals surface area contributed by atoms with Gasteiger partial charge >= 0.3 is 12.2 Å². The molecule has 0 bridgehead atoms. The number of anilines is 2. The predicted molar refractivity (Wildman–Crippen MR) is 159 cm³/mol. The molecular formula is C29H38N4O6Si. The largest absolute Gasteiger partial charge is 0.450 e. The second kappa shape index (κ2) is 12.9. The minimum absolute atomic E-state index is 0.0574. The molecular weight excluding hydrogens is 528 g/mol. The second-order valence-corrected chi connectivity index (χ2v) is 17.4. The van der Waals surface area contributed by atoms with Crippen LogP contribution < -0.4 is 10.2 Å². The Bertz CT molecular complexity index is 1300. The first-order valence-corrected chi connectivity index (χ1v) is 17.0. The van der Waals surface area contributed by atoms with Gasteiger partial charge in [-0.05, 0) is 51.1 Å². The normalized spacial score (nSPS) is 13.7. The van der Waals surface area contributed by atoms with Crippen LogP contribution in [0.3, 0.4) is 0 Å². The number of rotatable bonds is 6. The van der Waals surface area contributed by atoms with Gasteiger partial charge in [0.05, 0.1) is 22.8 Å². The molecule has 1 saturated heterocycles. The highest BCUT2D eigenvalue weighted by Gasteiger charge is 2.25. The number of nitrogens with zero attached hydrogens (tertiary/aromatic N) is 3. The summed E-state index contributed by atoms with van der Waals surface area (Å²) in [6, 6.07) is 12.5. The Kier molecular flexibility index (Phi) is 9.81.